The molecule has 7 heteroatoms. The van der Waals surface area contributed by atoms with Crippen molar-refractivity contribution in [1.82, 2.24) is 10.0 Å². The van der Waals surface area contributed by atoms with Crippen molar-refractivity contribution in [1.29, 1.82) is 0 Å². The second kappa shape index (κ2) is 9.76. The highest BCUT2D eigenvalue weighted by atomic mass is 32.2. The van der Waals surface area contributed by atoms with Gasteiger partial charge in [-0.1, -0.05) is 31.5 Å². The minimum absolute atomic E-state index is 0.161. The standard InChI is InChI=1S/C17H28N2O4S/c1-13(2)12-16(17(20)18-10-5-11-23-4)19-24(21,22)15-8-6-14(3)7-9-15/h6-9,13,16,19H,5,10-12H2,1-4H3,(H,18,20). The number of rotatable bonds is 10. The van der Waals surface area contributed by atoms with Crippen LogP contribution < -0.4 is 10.0 Å². The summed E-state index contributed by atoms with van der Waals surface area (Å²) in [4.78, 5) is 12.5. The number of ether oxygens (including phenoxy) is 1. The van der Waals surface area contributed by atoms with E-state index in [-0.39, 0.29) is 16.7 Å². The first-order valence-corrected chi connectivity index (χ1v) is 9.60. The lowest BCUT2D eigenvalue weighted by atomic mass is 10.0. The van der Waals surface area contributed by atoms with E-state index in [0.717, 1.165) is 5.56 Å². The second-order valence-electron chi connectivity index (χ2n) is 6.25. The molecule has 0 aliphatic rings. The molecule has 0 saturated carbocycles. The Kier molecular flexibility index (Phi) is 8.38. The van der Waals surface area contributed by atoms with Crippen molar-refractivity contribution in [2.45, 2.75) is 44.6 Å². The Balaban J connectivity index is 2.80. The van der Waals surface area contributed by atoms with Gasteiger partial charge in [0.05, 0.1) is 4.90 Å². The third-order valence-electron chi connectivity index (χ3n) is 3.48. The van der Waals surface area contributed by atoms with Gasteiger partial charge in [-0.2, -0.15) is 4.72 Å². The lowest BCUT2D eigenvalue weighted by molar-refractivity contribution is -0.123. The summed E-state index contributed by atoms with van der Waals surface area (Å²) < 4.78 is 32.5. The molecular weight excluding hydrogens is 328 g/mol. The van der Waals surface area contributed by atoms with Gasteiger partial charge in [-0.3, -0.25) is 4.79 Å². The minimum Gasteiger partial charge on any atom is -0.385 e. The van der Waals surface area contributed by atoms with E-state index in [1.807, 2.05) is 20.8 Å². The summed E-state index contributed by atoms with van der Waals surface area (Å²) in [6, 6.07) is 5.76. The van der Waals surface area contributed by atoms with E-state index >= 15 is 0 Å². The highest BCUT2D eigenvalue weighted by molar-refractivity contribution is 7.89. The second-order valence-corrected chi connectivity index (χ2v) is 7.97. The first-order valence-electron chi connectivity index (χ1n) is 8.12. The van der Waals surface area contributed by atoms with Crippen LogP contribution in [0.5, 0.6) is 0 Å². The Morgan fingerprint density at radius 1 is 1.21 bits per heavy atom. The molecule has 1 rings (SSSR count). The molecule has 0 heterocycles. The van der Waals surface area contributed by atoms with Crippen LogP contribution in [0.3, 0.4) is 0 Å². The van der Waals surface area contributed by atoms with Crippen molar-refractivity contribution in [2.24, 2.45) is 5.92 Å². The minimum atomic E-state index is -3.74. The zero-order chi connectivity index (χ0) is 18.2. The predicted molar refractivity (Wildman–Crippen MR) is 94.2 cm³/mol. The van der Waals surface area contributed by atoms with Crippen LogP contribution in [0.25, 0.3) is 0 Å². The quantitative estimate of drug-likeness (QED) is 0.627. The molecular formula is C17H28N2O4S. The van der Waals surface area contributed by atoms with Crippen LogP contribution >= 0.6 is 0 Å². The van der Waals surface area contributed by atoms with Crippen molar-refractivity contribution in [3.05, 3.63) is 29.8 Å². The monoisotopic (exact) mass is 356 g/mol. The number of aryl methyl sites for hydroxylation is 1. The van der Waals surface area contributed by atoms with E-state index in [4.69, 9.17) is 4.74 Å². The van der Waals surface area contributed by atoms with Crippen LogP contribution in [0.2, 0.25) is 0 Å². The summed E-state index contributed by atoms with van der Waals surface area (Å²) in [6.07, 6.45) is 1.11. The number of benzene rings is 1. The lowest BCUT2D eigenvalue weighted by Gasteiger charge is -2.20. The molecule has 0 spiro atoms. The Morgan fingerprint density at radius 3 is 2.38 bits per heavy atom. The Hall–Kier alpha value is -1.44. The van der Waals surface area contributed by atoms with Crippen molar-refractivity contribution in [3.8, 4) is 0 Å². The molecule has 0 aliphatic heterocycles. The van der Waals surface area contributed by atoms with Gasteiger partial charge in [0.1, 0.15) is 6.04 Å². The fraction of sp³-hybridized carbons (Fsp3) is 0.588. The largest absolute Gasteiger partial charge is 0.385 e. The number of hydrogen-bond donors (Lipinski definition) is 2. The molecule has 1 atom stereocenters. The fourth-order valence-electron chi connectivity index (χ4n) is 2.20. The maximum Gasteiger partial charge on any atom is 0.241 e. The maximum atomic E-state index is 12.5. The molecule has 1 aromatic rings. The van der Waals surface area contributed by atoms with Gasteiger partial charge in [0.25, 0.3) is 0 Å². The first kappa shape index (κ1) is 20.6. The van der Waals surface area contributed by atoms with Crippen LogP contribution in [-0.4, -0.2) is 40.6 Å². The number of amides is 1. The molecule has 0 fully saturated rings. The summed E-state index contributed by atoms with van der Waals surface area (Å²) in [6.45, 7) is 6.79. The first-order chi connectivity index (χ1) is 11.3. The van der Waals surface area contributed by atoms with Crippen molar-refractivity contribution >= 4 is 15.9 Å². The van der Waals surface area contributed by atoms with E-state index in [1.165, 1.54) is 0 Å². The summed E-state index contributed by atoms with van der Waals surface area (Å²) in [7, 11) is -2.14. The van der Waals surface area contributed by atoms with Gasteiger partial charge in [-0.15, -0.1) is 0 Å². The smallest absolute Gasteiger partial charge is 0.241 e. The number of sulfonamides is 1. The van der Waals surface area contributed by atoms with Crippen LogP contribution in [0, 0.1) is 12.8 Å². The van der Waals surface area contributed by atoms with Gasteiger partial charge in [-0.05, 0) is 37.8 Å². The number of carbonyl (C=O) groups is 1. The summed E-state index contributed by atoms with van der Waals surface area (Å²) in [5.74, 6) is -0.129. The van der Waals surface area contributed by atoms with Gasteiger partial charge >= 0.3 is 0 Å². The Morgan fingerprint density at radius 2 is 1.83 bits per heavy atom. The van der Waals surface area contributed by atoms with Gasteiger partial charge in [0.15, 0.2) is 0 Å². The molecule has 0 bridgehead atoms. The molecule has 6 nitrogen and oxygen atoms in total. The van der Waals surface area contributed by atoms with Gasteiger partial charge < -0.3 is 10.1 Å². The van der Waals surface area contributed by atoms with E-state index in [2.05, 4.69) is 10.0 Å². The lowest BCUT2D eigenvalue weighted by Crippen LogP contribution is -2.47. The van der Waals surface area contributed by atoms with Crippen LogP contribution in [0.4, 0.5) is 0 Å². The highest BCUT2D eigenvalue weighted by Gasteiger charge is 2.26. The number of hydrogen-bond acceptors (Lipinski definition) is 4. The van der Waals surface area contributed by atoms with E-state index in [1.54, 1.807) is 31.4 Å². The molecule has 0 aliphatic carbocycles. The van der Waals surface area contributed by atoms with Crippen molar-refractivity contribution in [2.75, 3.05) is 20.3 Å². The molecule has 1 amide bonds. The Bertz CT molecular complexity index is 612. The highest BCUT2D eigenvalue weighted by Crippen LogP contribution is 2.13. The number of nitrogens with one attached hydrogen (secondary N) is 2. The Labute approximate surface area is 145 Å². The topological polar surface area (TPSA) is 84.5 Å². The number of methoxy groups -OCH3 is 1. The van der Waals surface area contributed by atoms with Crippen LogP contribution in [0.1, 0.15) is 32.3 Å². The fourth-order valence-corrected chi connectivity index (χ4v) is 3.41. The molecule has 1 aromatic carbocycles. The molecule has 136 valence electrons. The average Bonchev–Trinajstić information content (AvgIpc) is 2.50. The van der Waals surface area contributed by atoms with Gasteiger partial charge in [-0.25, -0.2) is 8.42 Å². The van der Waals surface area contributed by atoms with Crippen LogP contribution in [0.15, 0.2) is 29.2 Å². The van der Waals surface area contributed by atoms with Crippen LogP contribution in [-0.2, 0) is 19.6 Å². The van der Waals surface area contributed by atoms with Gasteiger partial charge in [0, 0.05) is 20.3 Å². The van der Waals surface area contributed by atoms with E-state index in [0.29, 0.717) is 26.0 Å². The summed E-state index contributed by atoms with van der Waals surface area (Å²) in [5, 5.41) is 2.76. The van der Waals surface area contributed by atoms with Crippen molar-refractivity contribution < 1.29 is 17.9 Å². The predicted octanol–water partition coefficient (Wildman–Crippen LogP) is 1.84. The normalized spacial score (nSPS) is 13.0. The zero-order valence-corrected chi connectivity index (χ0v) is 15.7. The van der Waals surface area contributed by atoms with Gasteiger partial charge in [0.2, 0.25) is 15.9 Å². The van der Waals surface area contributed by atoms with E-state index in [9.17, 15) is 13.2 Å². The number of carbonyl (C=O) groups excluding carboxylic acids is 1. The third kappa shape index (κ3) is 6.98. The third-order valence-corrected chi connectivity index (χ3v) is 4.96. The maximum absolute atomic E-state index is 12.5. The summed E-state index contributed by atoms with van der Waals surface area (Å²) >= 11 is 0. The SMILES string of the molecule is COCCCNC(=O)C(CC(C)C)NS(=O)(=O)c1ccc(C)cc1. The zero-order valence-electron chi connectivity index (χ0n) is 14.8. The summed E-state index contributed by atoms with van der Waals surface area (Å²) in [5.41, 5.74) is 0.976. The molecule has 0 aromatic heterocycles. The molecule has 0 saturated heterocycles. The molecule has 0 radical (unpaired) electrons. The van der Waals surface area contributed by atoms with E-state index < -0.39 is 16.1 Å². The molecule has 1 unspecified atom stereocenters. The molecule has 24 heavy (non-hydrogen) atoms. The van der Waals surface area contributed by atoms with Crippen molar-refractivity contribution in [3.63, 3.8) is 0 Å². The molecule has 2 N–H and O–H groups in total. The average molecular weight is 356 g/mol.